The van der Waals surface area contributed by atoms with E-state index in [9.17, 15) is 0 Å². The van der Waals surface area contributed by atoms with Crippen molar-refractivity contribution in [1.29, 1.82) is 0 Å². The van der Waals surface area contributed by atoms with Gasteiger partial charge in [-0.25, -0.2) is 0 Å². The van der Waals surface area contributed by atoms with Gasteiger partial charge in [-0.2, -0.15) is 0 Å². The quantitative estimate of drug-likeness (QED) is 0.441. The third-order valence-corrected chi connectivity index (χ3v) is 1.16. The summed E-state index contributed by atoms with van der Waals surface area (Å²) in [7, 11) is 0. The predicted molar refractivity (Wildman–Crippen MR) is 34.2 cm³/mol. The SMILES string of the molecule is C=C(C)C(=C)SO. The lowest BCUT2D eigenvalue weighted by Crippen LogP contribution is -1.69. The number of allylic oxidation sites excluding steroid dienone is 1. The highest BCUT2D eigenvalue weighted by molar-refractivity contribution is 7.97. The smallest absolute Gasteiger partial charge is 0.0302 e. The standard InChI is InChI=1S/C5H8OS/c1-4(2)5(3)7-6/h6H,1,3H2,2H3. The molecule has 0 aliphatic heterocycles. The minimum absolute atomic E-state index is 0.625. The second-order valence-corrected chi connectivity index (χ2v) is 1.97. The van der Waals surface area contributed by atoms with Crippen LogP contribution in [0.4, 0.5) is 0 Å². The topological polar surface area (TPSA) is 20.2 Å². The van der Waals surface area contributed by atoms with Crippen LogP contribution in [0.25, 0.3) is 0 Å². The first-order valence-electron chi connectivity index (χ1n) is 1.84. The molecule has 0 aromatic rings. The van der Waals surface area contributed by atoms with Gasteiger partial charge in [-0.15, -0.1) is 0 Å². The van der Waals surface area contributed by atoms with Crippen molar-refractivity contribution in [3.63, 3.8) is 0 Å². The first-order chi connectivity index (χ1) is 3.18. The van der Waals surface area contributed by atoms with Crippen molar-refractivity contribution >= 4 is 12.0 Å². The van der Waals surface area contributed by atoms with Crippen molar-refractivity contribution in [3.8, 4) is 0 Å². The summed E-state index contributed by atoms with van der Waals surface area (Å²) in [6.07, 6.45) is 0. The molecule has 1 nitrogen and oxygen atoms in total. The van der Waals surface area contributed by atoms with Crippen LogP contribution in [0.5, 0.6) is 0 Å². The predicted octanol–water partition coefficient (Wildman–Crippen LogP) is 2.28. The van der Waals surface area contributed by atoms with Crippen molar-refractivity contribution < 1.29 is 4.55 Å². The molecule has 40 valence electrons. The Labute approximate surface area is 47.9 Å². The molecular formula is C5H8OS. The van der Waals surface area contributed by atoms with Crippen LogP contribution in [0.3, 0.4) is 0 Å². The first kappa shape index (κ1) is 6.79. The van der Waals surface area contributed by atoms with Gasteiger partial charge in [0.25, 0.3) is 0 Å². The molecule has 2 heteroatoms. The molecule has 7 heavy (non-hydrogen) atoms. The highest BCUT2D eigenvalue weighted by Gasteiger charge is 1.88. The van der Waals surface area contributed by atoms with Crippen LogP contribution in [0.1, 0.15) is 6.92 Å². The van der Waals surface area contributed by atoms with Gasteiger partial charge in [0.05, 0.1) is 0 Å². The molecule has 0 fully saturated rings. The average Bonchev–Trinajstić information content (AvgIpc) is 1.65. The number of hydrogen-bond acceptors (Lipinski definition) is 2. The van der Waals surface area contributed by atoms with Crippen molar-refractivity contribution in [2.45, 2.75) is 6.92 Å². The minimum atomic E-state index is 0.625. The Morgan fingerprint density at radius 1 is 1.57 bits per heavy atom. The van der Waals surface area contributed by atoms with Gasteiger partial charge in [-0.05, 0) is 12.5 Å². The molecular weight excluding hydrogens is 108 g/mol. The Kier molecular flexibility index (Phi) is 2.79. The summed E-state index contributed by atoms with van der Waals surface area (Å²) < 4.78 is 8.26. The third kappa shape index (κ3) is 2.48. The van der Waals surface area contributed by atoms with Gasteiger partial charge in [0, 0.05) is 16.9 Å². The molecule has 0 aromatic heterocycles. The van der Waals surface area contributed by atoms with Gasteiger partial charge >= 0.3 is 0 Å². The van der Waals surface area contributed by atoms with E-state index < -0.39 is 0 Å². The molecule has 0 unspecified atom stereocenters. The van der Waals surface area contributed by atoms with E-state index in [1.54, 1.807) is 6.92 Å². The van der Waals surface area contributed by atoms with Crippen molar-refractivity contribution in [2.24, 2.45) is 0 Å². The van der Waals surface area contributed by atoms with Gasteiger partial charge in [0.2, 0.25) is 0 Å². The maximum Gasteiger partial charge on any atom is 0.0302 e. The highest BCUT2D eigenvalue weighted by Crippen LogP contribution is 2.14. The molecule has 1 N–H and O–H groups in total. The van der Waals surface area contributed by atoms with Gasteiger partial charge in [-0.3, -0.25) is 0 Å². The molecule has 0 aliphatic carbocycles. The molecule has 0 aliphatic rings. The fraction of sp³-hybridized carbons (Fsp3) is 0.200. The van der Waals surface area contributed by atoms with Gasteiger partial charge in [-0.1, -0.05) is 13.2 Å². The van der Waals surface area contributed by atoms with Crippen LogP contribution < -0.4 is 0 Å². The molecule has 0 heterocycles. The number of hydrogen-bond donors (Lipinski definition) is 1. The molecule has 0 amide bonds. The summed E-state index contributed by atoms with van der Waals surface area (Å²) in [6.45, 7) is 8.83. The molecule has 0 rings (SSSR count). The summed E-state index contributed by atoms with van der Waals surface area (Å²) in [4.78, 5) is 0.625. The van der Waals surface area contributed by atoms with E-state index in [0.29, 0.717) is 16.9 Å². The van der Waals surface area contributed by atoms with Crippen molar-refractivity contribution in [3.05, 3.63) is 23.6 Å². The average molecular weight is 116 g/mol. The summed E-state index contributed by atoms with van der Waals surface area (Å²) in [6, 6.07) is 0. The molecule has 0 saturated heterocycles. The minimum Gasteiger partial charge on any atom is -0.325 e. The van der Waals surface area contributed by atoms with Crippen LogP contribution >= 0.6 is 12.0 Å². The van der Waals surface area contributed by atoms with Gasteiger partial charge in [0.15, 0.2) is 0 Å². The van der Waals surface area contributed by atoms with Crippen LogP contribution in [-0.4, -0.2) is 4.55 Å². The Balaban J connectivity index is 3.58. The monoisotopic (exact) mass is 116 g/mol. The van der Waals surface area contributed by atoms with Gasteiger partial charge < -0.3 is 4.55 Å². The fourth-order valence-corrected chi connectivity index (χ4v) is 0.234. The number of rotatable bonds is 2. The summed E-state index contributed by atoms with van der Waals surface area (Å²) in [5, 5.41) is 0. The van der Waals surface area contributed by atoms with E-state index in [0.717, 1.165) is 5.57 Å². The lowest BCUT2D eigenvalue weighted by Gasteiger charge is -1.92. The van der Waals surface area contributed by atoms with Crippen LogP contribution in [-0.2, 0) is 0 Å². The Hall–Kier alpha value is -0.210. The molecule has 0 aromatic carbocycles. The Morgan fingerprint density at radius 3 is 2.00 bits per heavy atom. The molecule has 0 atom stereocenters. The Morgan fingerprint density at radius 2 is 2.00 bits per heavy atom. The maximum atomic E-state index is 8.26. The third-order valence-electron chi connectivity index (χ3n) is 0.586. The van der Waals surface area contributed by atoms with E-state index in [1.807, 2.05) is 0 Å². The zero-order valence-corrected chi connectivity index (χ0v) is 5.09. The van der Waals surface area contributed by atoms with E-state index in [2.05, 4.69) is 13.2 Å². The van der Waals surface area contributed by atoms with Crippen molar-refractivity contribution in [1.82, 2.24) is 0 Å². The van der Waals surface area contributed by atoms with E-state index in [1.165, 1.54) is 0 Å². The van der Waals surface area contributed by atoms with E-state index in [-0.39, 0.29) is 0 Å². The summed E-state index contributed by atoms with van der Waals surface area (Å²) in [5.41, 5.74) is 0.813. The second kappa shape index (κ2) is 2.88. The first-order valence-corrected chi connectivity index (χ1v) is 2.62. The zero-order chi connectivity index (χ0) is 5.86. The lowest BCUT2D eigenvalue weighted by molar-refractivity contribution is 0.669. The maximum absolute atomic E-state index is 8.26. The van der Waals surface area contributed by atoms with Crippen LogP contribution in [0.15, 0.2) is 23.6 Å². The Bertz CT molecular complexity index is 96.3. The molecule has 0 spiro atoms. The van der Waals surface area contributed by atoms with Crippen LogP contribution in [0, 0.1) is 0 Å². The highest BCUT2D eigenvalue weighted by atomic mass is 32.2. The van der Waals surface area contributed by atoms with Crippen LogP contribution in [0.2, 0.25) is 0 Å². The fourth-order valence-electron chi connectivity index (χ4n) is 0.0779. The second-order valence-electron chi connectivity index (χ2n) is 1.29. The van der Waals surface area contributed by atoms with Gasteiger partial charge in [0.1, 0.15) is 0 Å². The lowest BCUT2D eigenvalue weighted by atomic mass is 10.3. The summed E-state index contributed by atoms with van der Waals surface area (Å²) in [5.74, 6) is 0. The normalized spacial score (nSPS) is 8.29. The largest absolute Gasteiger partial charge is 0.325 e. The van der Waals surface area contributed by atoms with E-state index >= 15 is 0 Å². The van der Waals surface area contributed by atoms with E-state index in [4.69, 9.17) is 4.55 Å². The zero-order valence-electron chi connectivity index (χ0n) is 4.27. The molecule has 0 saturated carbocycles. The summed E-state index contributed by atoms with van der Waals surface area (Å²) >= 11 is 0.639. The van der Waals surface area contributed by atoms with Crippen molar-refractivity contribution in [2.75, 3.05) is 0 Å². The molecule has 0 radical (unpaired) electrons. The molecule has 0 bridgehead atoms.